The van der Waals surface area contributed by atoms with Crippen molar-refractivity contribution >= 4 is 11.6 Å². The van der Waals surface area contributed by atoms with E-state index in [2.05, 4.69) is 48.0 Å². The Labute approximate surface area is 142 Å². The molecule has 0 aromatic heterocycles. The van der Waals surface area contributed by atoms with Crippen LogP contribution < -0.4 is 4.90 Å². The number of rotatable bonds is 1. The van der Waals surface area contributed by atoms with Crippen LogP contribution in [-0.4, -0.2) is 48.7 Å². The summed E-state index contributed by atoms with van der Waals surface area (Å²) in [6, 6.07) is 9.75. The molecule has 1 saturated carbocycles. The van der Waals surface area contributed by atoms with Crippen LogP contribution in [0.2, 0.25) is 0 Å². The zero-order chi connectivity index (χ0) is 16.3. The van der Waals surface area contributed by atoms with E-state index in [9.17, 15) is 4.79 Å². The summed E-state index contributed by atoms with van der Waals surface area (Å²) in [5.41, 5.74) is 3.12. The molecule has 4 nitrogen and oxygen atoms in total. The second-order valence-electron chi connectivity index (χ2n) is 8.47. The van der Waals surface area contributed by atoms with E-state index >= 15 is 0 Å². The van der Waals surface area contributed by atoms with Crippen molar-refractivity contribution in [2.75, 3.05) is 18.5 Å². The molecule has 5 aliphatic rings. The van der Waals surface area contributed by atoms with Crippen LogP contribution in [0.5, 0.6) is 0 Å². The molecule has 0 N–H and O–H groups in total. The lowest BCUT2D eigenvalue weighted by molar-refractivity contribution is -0.141. The summed E-state index contributed by atoms with van der Waals surface area (Å²) >= 11 is 0. The Morgan fingerprint density at radius 1 is 1.29 bits per heavy atom. The Hall–Kier alpha value is -1.55. The average Bonchev–Trinajstić information content (AvgIpc) is 3.27. The van der Waals surface area contributed by atoms with Gasteiger partial charge in [-0.15, -0.1) is 0 Å². The first-order chi connectivity index (χ1) is 11.6. The van der Waals surface area contributed by atoms with Gasteiger partial charge in [0.2, 0.25) is 0 Å². The van der Waals surface area contributed by atoms with Gasteiger partial charge >= 0.3 is 0 Å². The van der Waals surface area contributed by atoms with Crippen molar-refractivity contribution in [3.05, 3.63) is 29.8 Å². The number of para-hydroxylation sites is 1. The van der Waals surface area contributed by atoms with Crippen molar-refractivity contribution in [2.24, 2.45) is 5.41 Å². The van der Waals surface area contributed by atoms with Gasteiger partial charge in [-0.25, -0.2) is 0 Å². The maximum absolute atomic E-state index is 12.9. The molecule has 6 rings (SSSR count). The van der Waals surface area contributed by atoms with Crippen LogP contribution >= 0.6 is 0 Å². The van der Waals surface area contributed by atoms with Crippen LogP contribution in [0.1, 0.15) is 38.2 Å². The molecule has 126 valence electrons. The van der Waals surface area contributed by atoms with Crippen molar-refractivity contribution < 1.29 is 9.53 Å². The minimum atomic E-state index is -0.137. The summed E-state index contributed by atoms with van der Waals surface area (Å²) in [6.45, 7) is 3.21. The minimum Gasteiger partial charge on any atom is -0.370 e. The number of fused-ring (bicyclic) bond motifs is 3. The molecular weight excluding hydrogens is 300 g/mol. The van der Waals surface area contributed by atoms with Crippen molar-refractivity contribution in [3.8, 4) is 0 Å². The number of benzene rings is 1. The minimum absolute atomic E-state index is 0.103. The summed E-state index contributed by atoms with van der Waals surface area (Å²) in [7, 11) is 2.25. The maximum atomic E-state index is 12.9. The molecular formula is C20H24N2O2. The van der Waals surface area contributed by atoms with E-state index in [-0.39, 0.29) is 28.9 Å². The van der Waals surface area contributed by atoms with Crippen molar-refractivity contribution in [1.82, 2.24) is 4.90 Å². The molecule has 0 radical (unpaired) electrons. The summed E-state index contributed by atoms with van der Waals surface area (Å²) in [5.74, 6) is 0.263. The molecule has 3 saturated heterocycles. The summed E-state index contributed by atoms with van der Waals surface area (Å²) in [4.78, 5) is 17.6. The van der Waals surface area contributed by atoms with E-state index < -0.39 is 0 Å². The van der Waals surface area contributed by atoms with Gasteiger partial charge in [0.15, 0.2) is 6.10 Å². The predicted octanol–water partition coefficient (Wildman–Crippen LogP) is 2.31. The number of epoxide rings is 1. The third-order valence-electron chi connectivity index (χ3n) is 8.08. The highest BCUT2D eigenvalue weighted by Gasteiger charge is 2.76. The fourth-order valence-electron chi connectivity index (χ4n) is 7.17. The summed E-state index contributed by atoms with van der Waals surface area (Å²) in [6.07, 6.45) is 4.65. The molecule has 1 aliphatic carbocycles. The van der Waals surface area contributed by atoms with E-state index in [1.165, 1.54) is 24.1 Å². The fraction of sp³-hybridized carbons (Fsp3) is 0.650. The Morgan fingerprint density at radius 2 is 2.12 bits per heavy atom. The molecule has 0 unspecified atom stereocenters. The number of carbonyl (C=O) groups excluding carboxylic acids is 1. The predicted molar refractivity (Wildman–Crippen MR) is 91.0 cm³/mol. The number of amides is 1. The Kier molecular flexibility index (Phi) is 2.28. The zero-order valence-electron chi connectivity index (χ0n) is 14.4. The molecule has 4 fully saturated rings. The van der Waals surface area contributed by atoms with Crippen LogP contribution in [0.3, 0.4) is 0 Å². The number of hydrogen-bond donors (Lipinski definition) is 0. The number of ether oxygens (including phenoxy) is 1. The van der Waals surface area contributed by atoms with Gasteiger partial charge in [0.25, 0.3) is 5.91 Å². The lowest BCUT2D eigenvalue weighted by atomic mass is 9.52. The average molecular weight is 324 g/mol. The highest BCUT2D eigenvalue weighted by atomic mass is 16.6. The van der Waals surface area contributed by atoms with Gasteiger partial charge in [0, 0.05) is 36.2 Å². The Morgan fingerprint density at radius 3 is 2.96 bits per heavy atom. The van der Waals surface area contributed by atoms with E-state index in [1.807, 2.05) is 0 Å². The van der Waals surface area contributed by atoms with Crippen LogP contribution in [0, 0.1) is 5.41 Å². The topological polar surface area (TPSA) is 36.1 Å². The number of likely N-dealkylation sites (N-methyl/N-ethyl adjacent to an activating group) is 1. The van der Waals surface area contributed by atoms with Crippen molar-refractivity contribution in [1.29, 1.82) is 0 Å². The molecule has 4 aliphatic heterocycles. The van der Waals surface area contributed by atoms with Crippen molar-refractivity contribution in [3.63, 3.8) is 0 Å². The van der Waals surface area contributed by atoms with Gasteiger partial charge in [-0.2, -0.15) is 0 Å². The van der Waals surface area contributed by atoms with E-state index in [1.54, 1.807) is 0 Å². The molecule has 0 bridgehead atoms. The highest BCUT2D eigenvalue weighted by molar-refractivity contribution is 5.87. The van der Waals surface area contributed by atoms with Crippen LogP contribution in [0.15, 0.2) is 24.3 Å². The number of nitrogens with zero attached hydrogens (tertiary/aromatic N) is 2. The van der Waals surface area contributed by atoms with Crippen LogP contribution in [0.4, 0.5) is 5.69 Å². The monoisotopic (exact) mass is 324 g/mol. The largest absolute Gasteiger partial charge is 0.370 e. The lowest BCUT2D eigenvalue weighted by Crippen LogP contribution is -2.67. The smallest absolute Gasteiger partial charge is 0.254 e. The molecule has 4 heteroatoms. The molecule has 1 spiro atoms. The Balaban J connectivity index is 1.62. The van der Waals surface area contributed by atoms with Gasteiger partial charge in [-0.05, 0) is 37.3 Å². The third kappa shape index (κ3) is 1.20. The third-order valence-corrected chi connectivity index (χ3v) is 8.08. The van der Waals surface area contributed by atoms with Crippen LogP contribution in [0.25, 0.3) is 0 Å². The first-order valence-electron chi connectivity index (χ1n) is 9.43. The van der Waals surface area contributed by atoms with Crippen LogP contribution in [-0.2, 0) is 14.9 Å². The Bertz CT molecular complexity index is 764. The van der Waals surface area contributed by atoms with Gasteiger partial charge in [0.1, 0.15) is 6.10 Å². The molecule has 1 amide bonds. The number of carbonyl (C=O) groups is 1. The number of anilines is 1. The molecule has 1 aromatic rings. The van der Waals surface area contributed by atoms with Gasteiger partial charge in [-0.3, -0.25) is 4.79 Å². The van der Waals surface area contributed by atoms with Gasteiger partial charge in [-0.1, -0.05) is 25.1 Å². The quantitative estimate of drug-likeness (QED) is 0.744. The number of piperidine rings is 1. The van der Waals surface area contributed by atoms with E-state index in [0.717, 1.165) is 19.4 Å². The summed E-state index contributed by atoms with van der Waals surface area (Å²) < 4.78 is 5.96. The van der Waals surface area contributed by atoms with Gasteiger partial charge in [0.05, 0.1) is 6.04 Å². The standard InChI is InChI=1S/C20H24N2O2/c1-3-19-9-8-14-20(12-6-4-5-7-13(12)21(14)2)10-11-22(18(19)20)17(23)15-16(19)24-15/h4-7,14-16,18H,3,8-11H2,1-2H3/t14-,15+,16-,18+,19+,20+/m1/s1. The molecule has 6 atom stereocenters. The summed E-state index contributed by atoms with van der Waals surface area (Å²) in [5, 5.41) is 0. The second-order valence-corrected chi connectivity index (χ2v) is 8.47. The zero-order valence-corrected chi connectivity index (χ0v) is 14.4. The normalized spacial score (nSPS) is 47.2. The fourth-order valence-corrected chi connectivity index (χ4v) is 7.17. The molecule has 1 aromatic carbocycles. The maximum Gasteiger partial charge on any atom is 0.254 e. The molecule has 24 heavy (non-hydrogen) atoms. The molecule has 4 heterocycles. The van der Waals surface area contributed by atoms with E-state index in [0.29, 0.717) is 12.1 Å². The SMILES string of the molecule is CC[C@]12CC[C@H]3N(C)c4ccccc4[C@@]34CCN(C(=O)[C@H]3O[C@H]31)[C@@H]24. The lowest BCUT2D eigenvalue weighted by Gasteiger charge is -2.56. The number of hydrogen-bond acceptors (Lipinski definition) is 3. The second kappa shape index (κ2) is 3.98. The highest BCUT2D eigenvalue weighted by Crippen LogP contribution is 2.68. The van der Waals surface area contributed by atoms with E-state index in [4.69, 9.17) is 4.74 Å². The first kappa shape index (κ1) is 13.7. The first-order valence-corrected chi connectivity index (χ1v) is 9.43. The van der Waals surface area contributed by atoms with Crippen molar-refractivity contribution in [2.45, 2.75) is 62.3 Å². The van der Waals surface area contributed by atoms with Gasteiger partial charge < -0.3 is 14.5 Å².